The molecule has 37 heavy (non-hydrogen) atoms. The van der Waals surface area contributed by atoms with E-state index in [9.17, 15) is 23.5 Å². The molecule has 0 saturated heterocycles. The molecule has 1 N–H and O–H groups in total. The van der Waals surface area contributed by atoms with Crippen LogP contribution >= 0.6 is 11.6 Å². The van der Waals surface area contributed by atoms with E-state index in [1.165, 1.54) is 0 Å². The van der Waals surface area contributed by atoms with Crippen molar-refractivity contribution in [1.29, 1.82) is 0 Å². The number of aromatic nitrogens is 2. The van der Waals surface area contributed by atoms with Gasteiger partial charge >= 0.3 is 5.97 Å². The van der Waals surface area contributed by atoms with Crippen LogP contribution in [0.4, 0.5) is 8.78 Å². The van der Waals surface area contributed by atoms with Gasteiger partial charge in [0.15, 0.2) is 11.5 Å². The lowest BCUT2D eigenvalue weighted by molar-refractivity contribution is -0.137. The Bertz CT molecular complexity index is 1320. The Balaban J connectivity index is 1.39. The smallest absolute Gasteiger partial charge is 0.303 e. The Morgan fingerprint density at radius 3 is 2.57 bits per heavy atom. The molecule has 0 spiro atoms. The van der Waals surface area contributed by atoms with Crippen molar-refractivity contribution in [1.82, 2.24) is 10.3 Å². The monoisotopic (exact) mass is 532 g/mol. The van der Waals surface area contributed by atoms with Crippen molar-refractivity contribution >= 4 is 23.4 Å². The quantitative estimate of drug-likeness (QED) is 0.288. The molecule has 10 heteroatoms. The van der Waals surface area contributed by atoms with Crippen molar-refractivity contribution in [2.45, 2.75) is 82.0 Å². The molecule has 0 bridgehead atoms. The summed E-state index contributed by atoms with van der Waals surface area (Å²) >= 11 is 6.32. The number of aryl methyl sites for hydroxylation is 1. The van der Waals surface area contributed by atoms with Crippen LogP contribution < -0.4 is 0 Å². The average Bonchev–Trinajstić information content (AvgIpc) is 3.36. The number of Topliss-reactive ketones (excluding diaryl/α,β-unsaturated/α-hetero) is 1. The maximum absolute atomic E-state index is 13.3. The summed E-state index contributed by atoms with van der Waals surface area (Å²) in [6.45, 7) is 1.92. The Kier molecular flexibility index (Phi) is 6.91. The minimum atomic E-state index is -2.68. The molecule has 2 aliphatic carbocycles. The van der Waals surface area contributed by atoms with E-state index in [0.717, 1.165) is 24.0 Å². The Labute approximate surface area is 217 Å². The van der Waals surface area contributed by atoms with Gasteiger partial charge in [-0.1, -0.05) is 34.0 Å². The number of ketones is 1. The molecule has 2 aliphatic rings. The molecular formula is C27H27ClF2N2O5. The van der Waals surface area contributed by atoms with Crippen LogP contribution in [0.3, 0.4) is 0 Å². The molecule has 2 fully saturated rings. The zero-order chi connectivity index (χ0) is 26.3. The van der Waals surface area contributed by atoms with Gasteiger partial charge in [0.1, 0.15) is 11.5 Å². The average molecular weight is 533 g/mol. The third-order valence-electron chi connectivity index (χ3n) is 7.16. The van der Waals surface area contributed by atoms with Gasteiger partial charge in [-0.25, -0.2) is 8.78 Å². The molecule has 0 radical (unpaired) electrons. The maximum atomic E-state index is 13.3. The van der Waals surface area contributed by atoms with E-state index in [2.05, 4.69) is 10.3 Å². The zero-order valence-corrected chi connectivity index (χ0v) is 21.1. The van der Waals surface area contributed by atoms with E-state index < -0.39 is 23.7 Å². The Hall–Kier alpha value is -3.07. The third-order valence-corrected chi connectivity index (χ3v) is 7.51. The van der Waals surface area contributed by atoms with Crippen LogP contribution in [-0.2, 0) is 16.0 Å². The lowest BCUT2D eigenvalue weighted by atomic mass is 9.79. The van der Waals surface area contributed by atoms with Gasteiger partial charge in [-0.3, -0.25) is 9.59 Å². The van der Waals surface area contributed by atoms with Crippen LogP contribution in [0.2, 0.25) is 5.02 Å². The second-order valence-corrected chi connectivity index (χ2v) is 10.7. The van der Waals surface area contributed by atoms with Crippen molar-refractivity contribution in [3.8, 4) is 11.5 Å². The molecule has 5 rings (SSSR count). The Morgan fingerprint density at radius 1 is 1.16 bits per heavy atom. The number of halogens is 3. The number of alkyl halides is 2. The van der Waals surface area contributed by atoms with Crippen LogP contribution in [0, 0.1) is 6.92 Å². The second kappa shape index (κ2) is 10.0. The summed E-state index contributed by atoms with van der Waals surface area (Å²) in [5.41, 5.74) is 3.44. The fraction of sp³-hybridized carbons (Fsp3) is 0.481. The van der Waals surface area contributed by atoms with Gasteiger partial charge in [-0.05, 0) is 49.3 Å². The van der Waals surface area contributed by atoms with Crippen LogP contribution in [-0.4, -0.2) is 33.1 Å². The van der Waals surface area contributed by atoms with Gasteiger partial charge in [0.2, 0.25) is 5.92 Å². The highest BCUT2D eigenvalue weighted by Crippen LogP contribution is 2.51. The lowest BCUT2D eigenvalue weighted by Gasteiger charge is -2.32. The summed E-state index contributed by atoms with van der Waals surface area (Å²) in [6, 6.07) is 7.14. The molecule has 0 amide bonds. The second-order valence-electron chi connectivity index (χ2n) is 10.3. The minimum Gasteiger partial charge on any atom is -0.481 e. The fourth-order valence-corrected chi connectivity index (χ4v) is 5.30. The van der Waals surface area contributed by atoms with Crippen LogP contribution in [0.5, 0.6) is 0 Å². The van der Waals surface area contributed by atoms with Crippen molar-refractivity contribution in [3.63, 3.8) is 0 Å². The van der Waals surface area contributed by atoms with Gasteiger partial charge in [-0.15, -0.1) is 0 Å². The highest BCUT2D eigenvalue weighted by molar-refractivity contribution is 6.31. The normalized spacial score (nSPS) is 17.9. The summed E-state index contributed by atoms with van der Waals surface area (Å²) in [5.74, 6) is -3.64. The number of rotatable bonds is 11. The minimum absolute atomic E-state index is 0.0814. The van der Waals surface area contributed by atoms with Gasteiger partial charge in [0, 0.05) is 60.6 Å². The first kappa shape index (κ1) is 25.6. The number of carbonyl (C=O) groups excluding carboxylic acids is 1. The molecule has 2 aromatic heterocycles. The zero-order valence-electron chi connectivity index (χ0n) is 20.3. The van der Waals surface area contributed by atoms with E-state index in [4.69, 9.17) is 20.6 Å². The summed E-state index contributed by atoms with van der Waals surface area (Å²) in [4.78, 5) is 24.4. The molecule has 196 valence electrons. The SMILES string of the molecule is Cc1ccc(CC(=O)C[C@H](CCC(=O)O)c2noc(-c3cc(C4CC(F)(F)C4)on3)c2C2CC2)c(Cl)c1. The number of carboxylic acids is 1. The third kappa shape index (κ3) is 5.76. The number of hydrogen-bond donors (Lipinski definition) is 1. The summed E-state index contributed by atoms with van der Waals surface area (Å²) < 4.78 is 37.7. The first-order valence-electron chi connectivity index (χ1n) is 12.4. The highest BCUT2D eigenvalue weighted by atomic mass is 35.5. The predicted octanol–water partition coefficient (Wildman–Crippen LogP) is 6.83. The lowest BCUT2D eigenvalue weighted by Crippen LogP contribution is -2.33. The molecule has 1 atom stereocenters. The van der Waals surface area contributed by atoms with Crippen molar-refractivity contribution in [2.24, 2.45) is 0 Å². The van der Waals surface area contributed by atoms with Crippen LogP contribution in [0.1, 0.15) is 90.8 Å². The number of aliphatic carboxylic acids is 1. The number of hydrogen-bond acceptors (Lipinski definition) is 6. The summed E-state index contributed by atoms with van der Waals surface area (Å²) in [7, 11) is 0. The first-order valence-corrected chi connectivity index (χ1v) is 12.8. The molecule has 0 unspecified atom stereocenters. The molecular weight excluding hydrogens is 506 g/mol. The molecule has 2 saturated carbocycles. The molecule has 7 nitrogen and oxygen atoms in total. The van der Waals surface area contributed by atoms with E-state index >= 15 is 0 Å². The highest BCUT2D eigenvalue weighted by Gasteiger charge is 2.48. The predicted molar refractivity (Wildman–Crippen MR) is 130 cm³/mol. The molecule has 2 heterocycles. The van der Waals surface area contributed by atoms with E-state index in [1.807, 2.05) is 19.1 Å². The topological polar surface area (TPSA) is 106 Å². The maximum Gasteiger partial charge on any atom is 0.303 e. The number of nitrogens with zero attached hydrogens (tertiary/aromatic N) is 2. The van der Waals surface area contributed by atoms with Crippen molar-refractivity contribution < 1.29 is 32.5 Å². The molecule has 1 aromatic carbocycles. The van der Waals surface area contributed by atoms with Crippen molar-refractivity contribution in [2.75, 3.05) is 0 Å². The molecule has 3 aromatic rings. The summed E-state index contributed by atoms with van der Waals surface area (Å²) in [6.07, 6.45) is 1.56. The Morgan fingerprint density at radius 2 is 1.92 bits per heavy atom. The van der Waals surface area contributed by atoms with Gasteiger partial charge in [0.25, 0.3) is 0 Å². The first-order chi connectivity index (χ1) is 17.6. The van der Waals surface area contributed by atoms with E-state index in [-0.39, 0.29) is 50.2 Å². The fourth-order valence-electron chi connectivity index (χ4n) is 4.99. The van der Waals surface area contributed by atoms with Crippen LogP contribution in [0.25, 0.3) is 11.5 Å². The van der Waals surface area contributed by atoms with E-state index in [1.54, 1.807) is 12.1 Å². The number of carboxylic acid groups (broad SMARTS) is 1. The molecule has 0 aliphatic heterocycles. The standard InChI is InChI=1S/C27H27ClF2N2O5/c1-14-2-3-16(20(28)8-14)9-19(33)10-17(6-7-23(34)35)25-24(15-4-5-15)26(37-32-25)21-11-22(36-31-21)18-12-27(29,30)13-18/h2-3,8,11,15,17-18H,4-7,9-10,12-13H2,1H3,(H,34,35)/t17-/m0/s1. The van der Waals surface area contributed by atoms with Gasteiger partial charge in [0.05, 0.1) is 5.69 Å². The van der Waals surface area contributed by atoms with Gasteiger partial charge in [-0.2, -0.15) is 0 Å². The number of benzene rings is 1. The summed E-state index contributed by atoms with van der Waals surface area (Å²) in [5, 5.41) is 18.2. The van der Waals surface area contributed by atoms with E-state index in [0.29, 0.717) is 33.5 Å². The van der Waals surface area contributed by atoms with Gasteiger partial charge < -0.3 is 14.2 Å². The number of carbonyl (C=O) groups is 2. The van der Waals surface area contributed by atoms with Crippen molar-refractivity contribution in [3.05, 3.63) is 57.4 Å². The van der Waals surface area contributed by atoms with Crippen LogP contribution in [0.15, 0.2) is 33.3 Å². The largest absolute Gasteiger partial charge is 0.481 e.